The van der Waals surface area contributed by atoms with E-state index in [4.69, 9.17) is 13.4 Å². The first kappa shape index (κ1) is 20.7. The summed E-state index contributed by atoms with van der Waals surface area (Å²) in [6, 6.07) is 6.52. The van der Waals surface area contributed by atoms with Crippen molar-refractivity contribution in [1.82, 2.24) is 25.8 Å². The van der Waals surface area contributed by atoms with Crippen LogP contribution in [0.25, 0.3) is 11.5 Å². The number of nitrogens with zero attached hydrogens (tertiary/aromatic N) is 3. The van der Waals surface area contributed by atoms with Crippen LogP contribution >= 0.6 is 0 Å². The van der Waals surface area contributed by atoms with E-state index in [9.17, 15) is 14.4 Å². The van der Waals surface area contributed by atoms with Crippen molar-refractivity contribution >= 4 is 34.9 Å². The third-order valence-corrected chi connectivity index (χ3v) is 6.20. The van der Waals surface area contributed by atoms with Gasteiger partial charge in [0.05, 0.1) is 29.6 Å². The highest BCUT2D eigenvalue weighted by Crippen LogP contribution is 2.45. The summed E-state index contributed by atoms with van der Waals surface area (Å²) >= 11 is 0. The number of ether oxygens (including phenoxy) is 1. The zero-order valence-corrected chi connectivity index (χ0v) is 20.2. The van der Waals surface area contributed by atoms with Gasteiger partial charge in [-0.1, -0.05) is 11.2 Å². The third-order valence-electron chi connectivity index (χ3n) is 6.20. The number of methoxy groups -OCH3 is 1. The average Bonchev–Trinajstić information content (AvgIpc) is 3.81. The maximum atomic E-state index is 12.8. The lowest BCUT2D eigenvalue weighted by Crippen LogP contribution is -2.33. The molecule has 1 aromatic carbocycles. The Bertz CT molecular complexity index is 1480. The minimum absolute atomic E-state index is 0.0703. The lowest BCUT2D eigenvalue weighted by atomic mass is 10.1. The SMILES string of the molecule is [2H]C([2H])([2H])NC(=O)c1cnc(NC(=O)C2CC2)cc1Nc1cccc(-c2nc(C3(NC(C)=O)CC3)no2)c1OC. The molecule has 3 amide bonds. The molecule has 2 aliphatic rings. The van der Waals surface area contributed by atoms with Crippen LogP contribution in [-0.2, 0) is 15.1 Å². The summed E-state index contributed by atoms with van der Waals surface area (Å²) in [5, 5.41) is 14.7. The molecule has 0 saturated heterocycles. The number of hydrogen-bond donors (Lipinski definition) is 4. The van der Waals surface area contributed by atoms with E-state index < -0.39 is 18.4 Å². The number of pyridine rings is 1. The number of anilines is 3. The molecule has 5 rings (SSSR count). The van der Waals surface area contributed by atoms with E-state index in [1.807, 2.05) is 5.32 Å². The van der Waals surface area contributed by atoms with Crippen LogP contribution in [0.5, 0.6) is 5.75 Å². The molecule has 3 aromatic rings. The number of benzene rings is 1. The molecule has 0 aliphatic heterocycles. The highest BCUT2D eigenvalue weighted by atomic mass is 16.5. The van der Waals surface area contributed by atoms with Gasteiger partial charge in [-0.3, -0.25) is 14.4 Å². The van der Waals surface area contributed by atoms with Crippen molar-refractivity contribution in [3.05, 3.63) is 41.9 Å². The van der Waals surface area contributed by atoms with Crippen LogP contribution in [0.3, 0.4) is 0 Å². The minimum atomic E-state index is -2.73. The van der Waals surface area contributed by atoms with E-state index in [-0.39, 0.29) is 40.7 Å². The van der Waals surface area contributed by atoms with Crippen molar-refractivity contribution < 1.29 is 27.8 Å². The van der Waals surface area contributed by atoms with Gasteiger partial charge in [-0.25, -0.2) is 4.98 Å². The second kappa shape index (κ2) is 9.52. The number of aromatic nitrogens is 3. The van der Waals surface area contributed by atoms with Crippen LogP contribution in [0.15, 0.2) is 35.0 Å². The van der Waals surface area contributed by atoms with Gasteiger partial charge in [0.15, 0.2) is 11.6 Å². The Labute approximate surface area is 216 Å². The quantitative estimate of drug-likeness (QED) is 0.341. The molecule has 4 N–H and O–H groups in total. The van der Waals surface area contributed by atoms with Crippen molar-refractivity contribution in [3.63, 3.8) is 0 Å². The van der Waals surface area contributed by atoms with Gasteiger partial charge >= 0.3 is 0 Å². The first-order chi connectivity index (χ1) is 19.0. The molecule has 192 valence electrons. The molecule has 0 unspecified atom stereocenters. The lowest BCUT2D eigenvalue weighted by molar-refractivity contribution is -0.120. The fourth-order valence-corrected chi connectivity index (χ4v) is 4.01. The van der Waals surface area contributed by atoms with Crippen molar-refractivity contribution in [2.75, 3.05) is 24.7 Å². The first-order valence-electron chi connectivity index (χ1n) is 13.2. The molecule has 2 heterocycles. The van der Waals surface area contributed by atoms with Gasteiger partial charge in [0, 0.05) is 36.2 Å². The molecule has 2 aromatic heterocycles. The van der Waals surface area contributed by atoms with Gasteiger partial charge in [-0.2, -0.15) is 4.98 Å². The summed E-state index contributed by atoms with van der Waals surface area (Å²) in [6.07, 6.45) is 4.15. The van der Waals surface area contributed by atoms with Crippen LogP contribution in [-0.4, -0.2) is 46.9 Å². The molecule has 12 heteroatoms. The molecule has 12 nitrogen and oxygen atoms in total. The number of rotatable bonds is 9. The van der Waals surface area contributed by atoms with E-state index in [2.05, 4.69) is 31.1 Å². The fourth-order valence-electron chi connectivity index (χ4n) is 4.01. The van der Waals surface area contributed by atoms with Crippen molar-refractivity contribution in [2.45, 2.75) is 38.1 Å². The summed E-state index contributed by atoms with van der Waals surface area (Å²) in [7, 11) is 1.44. The molecule has 2 saturated carbocycles. The number of amides is 3. The van der Waals surface area contributed by atoms with Gasteiger partial charge in [0.1, 0.15) is 11.4 Å². The normalized spacial score (nSPS) is 17.0. The fraction of sp³-hybridized carbons (Fsp3) is 0.360. The van der Waals surface area contributed by atoms with E-state index in [0.717, 1.165) is 12.8 Å². The summed E-state index contributed by atoms with van der Waals surface area (Å²) < 4.78 is 33.4. The molecule has 37 heavy (non-hydrogen) atoms. The Balaban J connectivity index is 1.48. The Morgan fingerprint density at radius 2 is 2.03 bits per heavy atom. The van der Waals surface area contributed by atoms with Crippen molar-refractivity contribution in [1.29, 1.82) is 0 Å². The molecular formula is C25H27N7O5. The van der Waals surface area contributed by atoms with Crippen LogP contribution in [0, 0.1) is 5.92 Å². The Hall–Kier alpha value is -4.48. The number of para-hydroxylation sites is 1. The molecule has 0 spiro atoms. The van der Waals surface area contributed by atoms with E-state index >= 15 is 0 Å². The lowest BCUT2D eigenvalue weighted by Gasteiger charge is -2.16. The van der Waals surface area contributed by atoms with E-state index in [1.54, 1.807) is 18.2 Å². The molecule has 2 aliphatic carbocycles. The number of nitrogens with one attached hydrogen (secondary N) is 4. The summed E-state index contributed by atoms with van der Waals surface area (Å²) in [5.41, 5.74) is 0.275. The van der Waals surface area contributed by atoms with Crippen LogP contribution in [0.4, 0.5) is 17.2 Å². The highest BCUT2D eigenvalue weighted by Gasteiger charge is 2.49. The standard InChI is InChI=1S/C25H27N7O5/c1-13(33)31-25(9-10-25)24-30-23(37-32-24)15-5-4-6-17(20(15)36-3)28-18-11-19(29-21(34)14-7-8-14)27-12-16(18)22(35)26-2/h4-6,11-12,14H,7-10H2,1-3H3,(H,26,35)(H,31,33)(H2,27,28,29,34)/i2D3. The summed E-state index contributed by atoms with van der Waals surface area (Å²) in [4.78, 5) is 45.4. The summed E-state index contributed by atoms with van der Waals surface area (Å²) in [5.74, 6) is -0.355. The largest absolute Gasteiger partial charge is 0.494 e. The number of hydrogen-bond acceptors (Lipinski definition) is 9. The van der Waals surface area contributed by atoms with Gasteiger partial charge < -0.3 is 30.5 Å². The third kappa shape index (κ3) is 4.95. The zero-order chi connectivity index (χ0) is 28.7. The molecule has 0 atom stereocenters. The van der Waals surface area contributed by atoms with E-state index in [1.165, 1.54) is 26.3 Å². The number of carbonyl (C=O) groups is 3. The Morgan fingerprint density at radius 3 is 2.70 bits per heavy atom. The summed E-state index contributed by atoms with van der Waals surface area (Å²) in [6.45, 7) is -1.30. The predicted molar refractivity (Wildman–Crippen MR) is 133 cm³/mol. The van der Waals surface area contributed by atoms with Gasteiger partial charge in [-0.05, 0) is 37.8 Å². The van der Waals surface area contributed by atoms with Gasteiger partial charge in [0.25, 0.3) is 11.8 Å². The van der Waals surface area contributed by atoms with Crippen molar-refractivity contribution in [3.8, 4) is 17.2 Å². The zero-order valence-electron chi connectivity index (χ0n) is 23.2. The molecule has 2 fully saturated rings. The van der Waals surface area contributed by atoms with E-state index in [0.29, 0.717) is 35.7 Å². The van der Waals surface area contributed by atoms with Gasteiger partial charge in [-0.15, -0.1) is 0 Å². The first-order valence-corrected chi connectivity index (χ1v) is 11.7. The molecule has 0 bridgehead atoms. The van der Waals surface area contributed by atoms with Crippen LogP contribution in [0.2, 0.25) is 0 Å². The second-order valence-corrected chi connectivity index (χ2v) is 9.03. The number of carbonyl (C=O) groups excluding carboxylic acids is 3. The smallest absolute Gasteiger partial charge is 0.261 e. The van der Waals surface area contributed by atoms with Crippen molar-refractivity contribution in [2.24, 2.45) is 5.92 Å². The highest BCUT2D eigenvalue weighted by molar-refractivity contribution is 6.01. The molecular weight excluding hydrogens is 478 g/mol. The second-order valence-electron chi connectivity index (χ2n) is 9.03. The monoisotopic (exact) mass is 508 g/mol. The maximum absolute atomic E-state index is 12.8. The maximum Gasteiger partial charge on any atom is 0.261 e. The van der Waals surface area contributed by atoms with Crippen LogP contribution < -0.4 is 26.0 Å². The minimum Gasteiger partial charge on any atom is -0.494 e. The average molecular weight is 509 g/mol. The Kier molecular flexibility index (Phi) is 5.33. The Morgan fingerprint density at radius 1 is 1.22 bits per heavy atom. The van der Waals surface area contributed by atoms with Gasteiger partial charge in [0.2, 0.25) is 11.8 Å². The van der Waals surface area contributed by atoms with Crippen LogP contribution in [0.1, 0.15) is 52.9 Å². The topological polar surface area (TPSA) is 160 Å². The predicted octanol–water partition coefficient (Wildman–Crippen LogP) is 2.72. The molecule has 0 radical (unpaired) electrons.